The van der Waals surface area contributed by atoms with Crippen molar-refractivity contribution in [3.05, 3.63) is 77.3 Å². The van der Waals surface area contributed by atoms with Crippen LogP contribution in [0.5, 0.6) is 0 Å². The second-order valence-corrected chi connectivity index (χ2v) is 6.58. The molecule has 4 aromatic rings. The molecule has 0 aliphatic carbocycles. The molecule has 0 fully saturated rings. The zero-order valence-electron chi connectivity index (χ0n) is 13.2. The molecule has 2 nitrogen and oxygen atoms in total. The van der Waals surface area contributed by atoms with E-state index in [1.807, 2.05) is 42.6 Å². The number of rotatable bonds is 2. The number of hydrogen-bond donors (Lipinski definition) is 0. The molecule has 24 heavy (non-hydrogen) atoms. The van der Waals surface area contributed by atoms with Crippen LogP contribution in [0.2, 0.25) is 0 Å². The lowest BCUT2D eigenvalue weighted by Gasteiger charge is -2.12. The zero-order valence-corrected chi connectivity index (χ0v) is 14.0. The standard InChI is InChI=1S/C21H14N2S/c1-14-19(13-22)18(12-20(23-14)21-10-5-11-24-21)17-9-4-7-15-6-2-3-8-16(15)17/h2-12H,1H3. The monoisotopic (exact) mass is 326 g/mol. The number of nitriles is 1. The molecule has 2 heterocycles. The van der Waals surface area contributed by atoms with Gasteiger partial charge in [-0.05, 0) is 40.8 Å². The first-order chi connectivity index (χ1) is 11.8. The van der Waals surface area contributed by atoms with E-state index >= 15 is 0 Å². The van der Waals surface area contributed by atoms with Crippen molar-refractivity contribution in [1.82, 2.24) is 4.98 Å². The van der Waals surface area contributed by atoms with Crippen molar-refractivity contribution in [2.45, 2.75) is 6.92 Å². The third-order valence-corrected chi connectivity index (χ3v) is 5.06. The Morgan fingerprint density at radius 2 is 1.79 bits per heavy atom. The Balaban J connectivity index is 2.05. The molecule has 0 saturated carbocycles. The second-order valence-electron chi connectivity index (χ2n) is 5.63. The minimum Gasteiger partial charge on any atom is -0.251 e. The Kier molecular flexibility index (Phi) is 3.60. The summed E-state index contributed by atoms with van der Waals surface area (Å²) >= 11 is 1.66. The van der Waals surface area contributed by atoms with E-state index in [9.17, 15) is 5.26 Å². The largest absolute Gasteiger partial charge is 0.251 e. The van der Waals surface area contributed by atoms with Gasteiger partial charge in [-0.3, -0.25) is 4.98 Å². The highest BCUT2D eigenvalue weighted by Crippen LogP contribution is 2.35. The summed E-state index contributed by atoms with van der Waals surface area (Å²) in [7, 11) is 0. The van der Waals surface area contributed by atoms with E-state index in [1.165, 1.54) is 5.39 Å². The van der Waals surface area contributed by atoms with Crippen LogP contribution in [0, 0.1) is 18.3 Å². The average molecular weight is 326 g/mol. The number of aryl methyl sites for hydroxylation is 1. The second kappa shape index (κ2) is 5.92. The van der Waals surface area contributed by atoms with Gasteiger partial charge in [-0.15, -0.1) is 11.3 Å². The predicted molar refractivity (Wildman–Crippen MR) is 99.9 cm³/mol. The molecule has 2 aromatic carbocycles. The number of aromatic nitrogens is 1. The molecule has 0 bridgehead atoms. The van der Waals surface area contributed by atoms with Crippen molar-refractivity contribution in [1.29, 1.82) is 5.26 Å². The third kappa shape index (κ3) is 2.38. The highest BCUT2D eigenvalue weighted by atomic mass is 32.1. The van der Waals surface area contributed by atoms with E-state index in [0.717, 1.165) is 32.8 Å². The molecule has 0 N–H and O–H groups in total. The van der Waals surface area contributed by atoms with Gasteiger partial charge in [-0.25, -0.2) is 0 Å². The number of hydrogen-bond acceptors (Lipinski definition) is 3. The van der Waals surface area contributed by atoms with Gasteiger partial charge in [-0.1, -0.05) is 48.5 Å². The minimum absolute atomic E-state index is 0.645. The van der Waals surface area contributed by atoms with E-state index in [4.69, 9.17) is 0 Å². The molecule has 0 amide bonds. The smallest absolute Gasteiger partial charge is 0.102 e. The molecule has 0 atom stereocenters. The number of thiophene rings is 1. The van der Waals surface area contributed by atoms with Crippen molar-refractivity contribution in [3.8, 4) is 27.8 Å². The van der Waals surface area contributed by atoms with E-state index < -0.39 is 0 Å². The first kappa shape index (κ1) is 14.6. The number of pyridine rings is 1. The van der Waals surface area contributed by atoms with Gasteiger partial charge in [-0.2, -0.15) is 5.26 Å². The Morgan fingerprint density at radius 1 is 0.958 bits per heavy atom. The van der Waals surface area contributed by atoms with Gasteiger partial charge < -0.3 is 0 Å². The van der Waals surface area contributed by atoms with Gasteiger partial charge in [0.2, 0.25) is 0 Å². The van der Waals surface area contributed by atoms with Crippen molar-refractivity contribution in [3.63, 3.8) is 0 Å². The molecule has 0 aliphatic heterocycles. The molecule has 0 aliphatic rings. The van der Waals surface area contributed by atoms with Gasteiger partial charge in [0.25, 0.3) is 0 Å². The fraction of sp³-hybridized carbons (Fsp3) is 0.0476. The molecule has 4 rings (SSSR count). The predicted octanol–water partition coefficient (Wildman–Crippen LogP) is 5.81. The van der Waals surface area contributed by atoms with Crippen LogP contribution in [0.15, 0.2) is 66.0 Å². The van der Waals surface area contributed by atoms with Crippen LogP contribution in [0.4, 0.5) is 0 Å². The van der Waals surface area contributed by atoms with E-state index in [0.29, 0.717) is 5.56 Å². The molecular weight excluding hydrogens is 312 g/mol. The maximum absolute atomic E-state index is 9.67. The van der Waals surface area contributed by atoms with Crippen molar-refractivity contribution in [2.24, 2.45) is 0 Å². The van der Waals surface area contributed by atoms with Crippen LogP contribution < -0.4 is 0 Å². The first-order valence-electron chi connectivity index (χ1n) is 7.71. The molecule has 0 saturated heterocycles. The Bertz CT molecular complexity index is 1070. The summed E-state index contributed by atoms with van der Waals surface area (Å²) < 4.78 is 0. The summed E-state index contributed by atoms with van der Waals surface area (Å²) in [5.41, 5.74) is 4.36. The molecule has 0 radical (unpaired) electrons. The summed E-state index contributed by atoms with van der Waals surface area (Å²) in [5, 5.41) is 14.0. The summed E-state index contributed by atoms with van der Waals surface area (Å²) in [5.74, 6) is 0. The highest BCUT2D eigenvalue weighted by Gasteiger charge is 2.14. The maximum atomic E-state index is 9.67. The van der Waals surface area contributed by atoms with E-state index in [1.54, 1.807) is 11.3 Å². The Hall–Kier alpha value is -2.96. The van der Waals surface area contributed by atoms with Gasteiger partial charge >= 0.3 is 0 Å². The van der Waals surface area contributed by atoms with E-state index in [-0.39, 0.29) is 0 Å². The van der Waals surface area contributed by atoms with Gasteiger partial charge in [0.1, 0.15) is 6.07 Å². The molecule has 2 aromatic heterocycles. The summed E-state index contributed by atoms with van der Waals surface area (Å²) in [6.45, 7) is 1.91. The third-order valence-electron chi connectivity index (χ3n) is 4.17. The molecule has 3 heteroatoms. The summed E-state index contributed by atoms with van der Waals surface area (Å²) in [4.78, 5) is 5.76. The fourth-order valence-corrected chi connectivity index (χ4v) is 3.72. The van der Waals surface area contributed by atoms with Crippen LogP contribution in [-0.4, -0.2) is 4.98 Å². The lowest BCUT2D eigenvalue weighted by atomic mass is 9.94. The quantitative estimate of drug-likeness (QED) is 0.466. The van der Waals surface area contributed by atoms with E-state index in [2.05, 4.69) is 41.4 Å². The topological polar surface area (TPSA) is 36.7 Å². The van der Waals surface area contributed by atoms with Gasteiger partial charge in [0, 0.05) is 5.56 Å². The van der Waals surface area contributed by atoms with Crippen LogP contribution in [-0.2, 0) is 0 Å². The fourth-order valence-electron chi connectivity index (χ4n) is 3.04. The van der Waals surface area contributed by atoms with Crippen LogP contribution in [0.3, 0.4) is 0 Å². The number of nitrogens with zero attached hydrogens (tertiary/aromatic N) is 2. The normalized spacial score (nSPS) is 10.7. The average Bonchev–Trinajstić information content (AvgIpc) is 3.15. The first-order valence-corrected chi connectivity index (χ1v) is 8.59. The van der Waals surface area contributed by atoms with Crippen molar-refractivity contribution < 1.29 is 0 Å². The molecular formula is C21H14N2S. The van der Waals surface area contributed by atoms with Crippen LogP contribution in [0.1, 0.15) is 11.3 Å². The summed E-state index contributed by atoms with van der Waals surface area (Å²) in [6, 6.07) is 22.9. The van der Waals surface area contributed by atoms with Crippen molar-refractivity contribution >= 4 is 22.1 Å². The lowest BCUT2D eigenvalue weighted by molar-refractivity contribution is 1.19. The van der Waals surface area contributed by atoms with Crippen molar-refractivity contribution in [2.75, 3.05) is 0 Å². The minimum atomic E-state index is 0.645. The maximum Gasteiger partial charge on any atom is 0.102 e. The van der Waals surface area contributed by atoms with Gasteiger partial charge in [0.05, 0.1) is 21.8 Å². The molecule has 114 valence electrons. The Morgan fingerprint density at radius 3 is 2.58 bits per heavy atom. The highest BCUT2D eigenvalue weighted by molar-refractivity contribution is 7.13. The zero-order chi connectivity index (χ0) is 16.5. The number of benzene rings is 2. The molecule has 0 spiro atoms. The lowest BCUT2D eigenvalue weighted by Crippen LogP contribution is -1.95. The Labute approximate surface area is 144 Å². The van der Waals surface area contributed by atoms with Gasteiger partial charge in [0.15, 0.2) is 0 Å². The van der Waals surface area contributed by atoms with Crippen LogP contribution in [0.25, 0.3) is 32.5 Å². The SMILES string of the molecule is Cc1nc(-c2cccs2)cc(-c2cccc3ccccc23)c1C#N. The number of fused-ring (bicyclic) bond motifs is 1. The van der Waals surface area contributed by atoms with Crippen LogP contribution >= 0.6 is 11.3 Å². The summed E-state index contributed by atoms with van der Waals surface area (Å²) in [6.07, 6.45) is 0. The molecule has 0 unspecified atom stereocenters.